The Morgan fingerprint density at radius 3 is 3.07 bits per heavy atom. The summed E-state index contributed by atoms with van der Waals surface area (Å²) < 4.78 is 0. The number of fused-ring (bicyclic) bond motifs is 1. The minimum absolute atomic E-state index is 0.253. The molecule has 2 rings (SSSR count). The number of hydrogen-bond acceptors (Lipinski definition) is 5. The number of anilines is 1. The van der Waals surface area contributed by atoms with Crippen LogP contribution in [-0.4, -0.2) is 26.3 Å². The van der Waals surface area contributed by atoms with Gasteiger partial charge in [0.25, 0.3) is 5.56 Å². The number of aromatic amines is 1. The van der Waals surface area contributed by atoms with E-state index < -0.39 is 6.23 Å². The molecule has 0 radical (unpaired) electrons. The minimum Gasteiger partial charge on any atom is -0.374 e. The van der Waals surface area contributed by atoms with Crippen molar-refractivity contribution in [3.63, 3.8) is 0 Å². The van der Waals surface area contributed by atoms with Gasteiger partial charge in [-0.05, 0) is 19.1 Å². The first-order chi connectivity index (χ1) is 7.16. The maximum Gasteiger partial charge on any atom is 0.277 e. The molecule has 0 fully saturated rings. The summed E-state index contributed by atoms with van der Waals surface area (Å²) in [7, 11) is 0. The van der Waals surface area contributed by atoms with Crippen LogP contribution in [0.4, 0.5) is 5.82 Å². The van der Waals surface area contributed by atoms with Crippen molar-refractivity contribution < 1.29 is 5.11 Å². The van der Waals surface area contributed by atoms with Gasteiger partial charge in [0.1, 0.15) is 12.0 Å². The Balaban J connectivity index is 2.55. The molecule has 2 aromatic rings. The smallest absolute Gasteiger partial charge is 0.277 e. The maximum atomic E-state index is 11.4. The lowest BCUT2D eigenvalue weighted by atomic mass is 10.3. The van der Waals surface area contributed by atoms with Gasteiger partial charge in [-0.15, -0.1) is 0 Å². The van der Waals surface area contributed by atoms with Crippen molar-refractivity contribution in [3.8, 4) is 0 Å². The molecular formula is C9H10N4O2. The molecule has 0 bridgehead atoms. The van der Waals surface area contributed by atoms with E-state index in [0.29, 0.717) is 11.3 Å². The molecule has 0 saturated carbocycles. The molecule has 6 heteroatoms. The van der Waals surface area contributed by atoms with Crippen molar-refractivity contribution in [2.75, 3.05) is 5.32 Å². The molecule has 0 saturated heterocycles. The van der Waals surface area contributed by atoms with E-state index in [9.17, 15) is 4.79 Å². The fourth-order valence-electron chi connectivity index (χ4n) is 1.25. The van der Waals surface area contributed by atoms with E-state index in [1.165, 1.54) is 6.33 Å². The van der Waals surface area contributed by atoms with Crippen LogP contribution in [0.1, 0.15) is 6.92 Å². The summed E-state index contributed by atoms with van der Waals surface area (Å²) in [6, 6.07) is 3.32. The molecule has 0 aromatic carbocycles. The van der Waals surface area contributed by atoms with E-state index in [2.05, 4.69) is 20.3 Å². The third-order valence-corrected chi connectivity index (χ3v) is 1.85. The molecule has 78 valence electrons. The number of rotatable bonds is 2. The van der Waals surface area contributed by atoms with Crippen LogP contribution >= 0.6 is 0 Å². The number of H-pyrrole nitrogens is 1. The number of aliphatic hydroxyl groups excluding tert-OH is 1. The third-order valence-electron chi connectivity index (χ3n) is 1.85. The summed E-state index contributed by atoms with van der Waals surface area (Å²) >= 11 is 0. The highest BCUT2D eigenvalue weighted by Gasteiger charge is 2.03. The second-order valence-corrected chi connectivity index (χ2v) is 3.12. The Morgan fingerprint density at radius 2 is 2.33 bits per heavy atom. The molecular weight excluding hydrogens is 196 g/mol. The topological polar surface area (TPSA) is 90.9 Å². The van der Waals surface area contributed by atoms with Gasteiger partial charge in [0.05, 0.1) is 11.8 Å². The Labute approximate surface area is 85.0 Å². The average molecular weight is 206 g/mol. The van der Waals surface area contributed by atoms with Gasteiger partial charge in [-0.1, -0.05) is 0 Å². The van der Waals surface area contributed by atoms with Crippen molar-refractivity contribution in [2.24, 2.45) is 0 Å². The number of pyridine rings is 1. The van der Waals surface area contributed by atoms with Gasteiger partial charge in [0.15, 0.2) is 5.52 Å². The van der Waals surface area contributed by atoms with Crippen molar-refractivity contribution in [1.82, 2.24) is 15.0 Å². The number of nitrogens with zero attached hydrogens (tertiary/aromatic N) is 2. The van der Waals surface area contributed by atoms with Gasteiger partial charge in [-0.2, -0.15) is 0 Å². The van der Waals surface area contributed by atoms with Crippen LogP contribution in [0.2, 0.25) is 0 Å². The highest BCUT2D eigenvalue weighted by atomic mass is 16.3. The molecule has 0 spiro atoms. The first-order valence-corrected chi connectivity index (χ1v) is 4.46. The standard InChI is InChI=1S/C9H10N4O2/c1-5(14)12-7-3-2-6-8(13-7)9(15)11-4-10-6/h2-5,14H,1H3,(H,12,13)(H,10,11,15). The van der Waals surface area contributed by atoms with Crippen LogP contribution in [0, 0.1) is 0 Å². The van der Waals surface area contributed by atoms with Crippen molar-refractivity contribution in [1.29, 1.82) is 0 Å². The summed E-state index contributed by atoms with van der Waals surface area (Å²) in [5.74, 6) is 0.441. The predicted molar refractivity (Wildman–Crippen MR) is 55.5 cm³/mol. The van der Waals surface area contributed by atoms with Crippen molar-refractivity contribution in [2.45, 2.75) is 13.2 Å². The quantitative estimate of drug-likeness (QED) is 0.605. The summed E-state index contributed by atoms with van der Waals surface area (Å²) in [5, 5.41) is 11.8. The zero-order valence-electron chi connectivity index (χ0n) is 8.06. The Morgan fingerprint density at radius 1 is 1.53 bits per heavy atom. The van der Waals surface area contributed by atoms with Crippen molar-refractivity contribution >= 4 is 16.9 Å². The van der Waals surface area contributed by atoms with Crippen LogP contribution in [0.25, 0.3) is 11.0 Å². The van der Waals surface area contributed by atoms with E-state index in [1.54, 1.807) is 19.1 Å². The lowest BCUT2D eigenvalue weighted by molar-refractivity contribution is 0.224. The van der Waals surface area contributed by atoms with Crippen LogP contribution in [0.5, 0.6) is 0 Å². The summed E-state index contributed by atoms with van der Waals surface area (Å²) in [6.07, 6.45) is 0.611. The van der Waals surface area contributed by atoms with Gasteiger partial charge in [0, 0.05) is 0 Å². The first kappa shape index (κ1) is 9.60. The predicted octanol–water partition coefficient (Wildman–Crippen LogP) is 0.0683. The minimum atomic E-state index is -0.717. The highest BCUT2D eigenvalue weighted by molar-refractivity contribution is 5.74. The lowest BCUT2D eigenvalue weighted by Gasteiger charge is -2.07. The van der Waals surface area contributed by atoms with E-state index in [-0.39, 0.29) is 11.1 Å². The largest absolute Gasteiger partial charge is 0.374 e. The van der Waals surface area contributed by atoms with E-state index in [1.807, 2.05) is 0 Å². The van der Waals surface area contributed by atoms with Gasteiger partial charge < -0.3 is 15.4 Å². The van der Waals surface area contributed by atoms with Gasteiger partial charge in [-0.25, -0.2) is 9.97 Å². The Bertz CT molecular complexity index is 535. The zero-order chi connectivity index (χ0) is 10.8. The monoisotopic (exact) mass is 206 g/mol. The molecule has 0 aliphatic heterocycles. The molecule has 6 nitrogen and oxygen atoms in total. The molecule has 15 heavy (non-hydrogen) atoms. The number of aromatic nitrogens is 3. The molecule has 2 aromatic heterocycles. The molecule has 1 atom stereocenters. The van der Waals surface area contributed by atoms with Gasteiger partial charge in [-0.3, -0.25) is 4.79 Å². The third kappa shape index (κ3) is 1.94. The van der Waals surface area contributed by atoms with Gasteiger partial charge >= 0.3 is 0 Å². The fraction of sp³-hybridized carbons (Fsp3) is 0.222. The molecule has 0 amide bonds. The van der Waals surface area contributed by atoms with Crippen LogP contribution < -0.4 is 10.9 Å². The highest BCUT2D eigenvalue weighted by Crippen LogP contribution is 2.09. The summed E-state index contributed by atoms with van der Waals surface area (Å²) in [4.78, 5) is 21.8. The number of hydrogen-bond donors (Lipinski definition) is 3. The second kappa shape index (κ2) is 3.66. The molecule has 0 aliphatic rings. The molecule has 2 heterocycles. The Hall–Kier alpha value is -1.95. The van der Waals surface area contributed by atoms with E-state index in [4.69, 9.17) is 5.11 Å². The second-order valence-electron chi connectivity index (χ2n) is 3.12. The molecule has 0 aliphatic carbocycles. The molecule has 3 N–H and O–H groups in total. The fourth-order valence-corrected chi connectivity index (χ4v) is 1.25. The summed E-state index contributed by atoms with van der Waals surface area (Å²) in [6.45, 7) is 1.57. The van der Waals surface area contributed by atoms with Crippen LogP contribution in [-0.2, 0) is 0 Å². The van der Waals surface area contributed by atoms with Gasteiger partial charge in [0.2, 0.25) is 0 Å². The molecule has 1 unspecified atom stereocenters. The normalized spacial score (nSPS) is 12.7. The summed E-state index contributed by atoms with van der Waals surface area (Å²) in [5.41, 5.74) is 0.479. The average Bonchev–Trinajstić information content (AvgIpc) is 2.18. The zero-order valence-corrected chi connectivity index (χ0v) is 8.06. The Kier molecular flexibility index (Phi) is 2.34. The SMILES string of the molecule is CC(O)Nc1ccc2nc[nH]c(=O)c2n1. The number of nitrogens with one attached hydrogen (secondary N) is 2. The number of aliphatic hydroxyl groups is 1. The lowest BCUT2D eigenvalue weighted by Crippen LogP contribution is -2.16. The van der Waals surface area contributed by atoms with Crippen molar-refractivity contribution in [3.05, 3.63) is 28.8 Å². The van der Waals surface area contributed by atoms with E-state index in [0.717, 1.165) is 0 Å². The van der Waals surface area contributed by atoms with Crippen LogP contribution in [0.3, 0.4) is 0 Å². The first-order valence-electron chi connectivity index (χ1n) is 4.46. The maximum absolute atomic E-state index is 11.4. The van der Waals surface area contributed by atoms with Crippen LogP contribution in [0.15, 0.2) is 23.3 Å². The van der Waals surface area contributed by atoms with E-state index >= 15 is 0 Å².